The van der Waals surface area contributed by atoms with Gasteiger partial charge in [0, 0.05) is 25.5 Å². The third kappa shape index (κ3) is 5.31. The molecule has 1 aliphatic rings. The van der Waals surface area contributed by atoms with Crippen molar-refractivity contribution in [1.82, 2.24) is 9.88 Å². The van der Waals surface area contributed by atoms with Crippen LogP contribution in [0.1, 0.15) is 30.4 Å². The van der Waals surface area contributed by atoms with Gasteiger partial charge in [0.15, 0.2) is 0 Å². The SMILES string of the molecule is Cc1ccc(CC(=O)N2CCC(CCOc3ccncc3)CC2)cc1. The van der Waals surface area contributed by atoms with Crippen LogP contribution in [-0.4, -0.2) is 35.5 Å². The summed E-state index contributed by atoms with van der Waals surface area (Å²) in [4.78, 5) is 18.5. The van der Waals surface area contributed by atoms with Crippen LogP contribution in [0.25, 0.3) is 0 Å². The van der Waals surface area contributed by atoms with E-state index < -0.39 is 0 Å². The zero-order chi connectivity index (χ0) is 17.5. The number of hydrogen-bond acceptors (Lipinski definition) is 3. The normalized spacial score (nSPS) is 15.2. The number of aryl methyl sites for hydroxylation is 1. The van der Waals surface area contributed by atoms with Crippen LogP contribution in [0.2, 0.25) is 0 Å². The second-order valence-electron chi connectivity index (χ2n) is 6.81. The van der Waals surface area contributed by atoms with Gasteiger partial charge in [-0.2, -0.15) is 0 Å². The Kier molecular flexibility index (Phi) is 6.04. The van der Waals surface area contributed by atoms with Crippen LogP contribution < -0.4 is 4.74 Å². The van der Waals surface area contributed by atoms with Crippen molar-refractivity contribution in [2.24, 2.45) is 5.92 Å². The summed E-state index contributed by atoms with van der Waals surface area (Å²) in [6.45, 7) is 4.52. The Morgan fingerprint density at radius 3 is 2.48 bits per heavy atom. The van der Waals surface area contributed by atoms with E-state index in [2.05, 4.69) is 36.2 Å². The van der Waals surface area contributed by atoms with Crippen molar-refractivity contribution >= 4 is 5.91 Å². The molecule has 1 aromatic heterocycles. The first-order chi connectivity index (χ1) is 12.2. The first-order valence-electron chi connectivity index (χ1n) is 9.07. The molecule has 0 spiro atoms. The highest BCUT2D eigenvalue weighted by molar-refractivity contribution is 5.78. The fraction of sp³-hybridized carbons (Fsp3) is 0.429. The number of benzene rings is 1. The van der Waals surface area contributed by atoms with E-state index in [1.165, 1.54) is 5.56 Å². The highest BCUT2D eigenvalue weighted by Gasteiger charge is 2.22. The van der Waals surface area contributed by atoms with E-state index in [4.69, 9.17) is 4.74 Å². The number of carbonyl (C=O) groups is 1. The second kappa shape index (κ2) is 8.65. The van der Waals surface area contributed by atoms with E-state index >= 15 is 0 Å². The first kappa shape index (κ1) is 17.5. The molecule has 1 fully saturated rings. The maximum Gasteiger partial charge on any atom is 0.226 e. The average Bonchev–Trinajstić information content (AvgIpc) is 2.65. The highest BCUT2D eigenvalue weighted by Crippen LogP contribution is 2.22. The summed E-state index contributed by atoms with van der Waals surface area (Å²) in [5.41, 5.74) is 2.33. The molecule has 1 aliphatic heterocycles. The van der Waals surface area contributed by atoms with Crippen molar-refractivity contribution in [3.8, 4) is 5.75 Å². The predicted molar refractivity (Wildman–Crippen MR) is 98.5 cm³/mol. The maximum atomic E-state index is 12.5. The molecule has 132 valence electrons. The Hall–Kier alpha value is -2.36. The molecule has 2 heterocycles. The van der Waals surface area contributed by atoms with Crippen LogP contribution in [0, 0.1) is 12.8 Å². The number of nitrogens with zero attached hydrogens (tertiary/aromatic N) is 2. The van der Waals surface area contributed by atoms with E-state index in [9.17, 15) is 4.79 Å². The summed E-state index contributed by atoms with van der Waals surface area (Å²) in [6, 6.07) is 12.0. The molecule has 0 N–H and O–H groups in total. The van der Waals surface area contributed by atoms with Gasteiger partial charge >= 0.3 is 0 Å². The van der Waals surface area contributed by atoms with Crippen molar-refractivity contribution < 1.29 is 9.53 Å². The van der Waals surface area contributed by atoms with Crippen molar-refractivity contribution in [2.75, 3.05) is 19.7 Å². The van der Waals surface area contributed by atoms with E-state index in [1.807, 2.05) is 17.0 Å². The summed E-state index contributed by atoms with van der Waals surface area (Å²) in [6.07, 6.45) is 7.18. The molecule has 4 heteroatoms. The first-order valence-corrected chi connectivity index (χ1v) is 9.07. The predicted octanol–water partition coefficient (Wildman–Crippen LogP) is 3.64. The number of likely N-dealkylation sites (tertiary alicyclic amines) is 1. The Morgan fingerprint density at radius 1 is 1.12 bits per heavy atom. The lowest BCUT2D eigenvalue weighted by Crippen LogP contribution is -2.39. The molecule has 1 aromatic carbocycles. The Morgan fingerprint density at radius 2 is 1.80 bits per heavy atom. The third-order valence-corrected chi connectivity index (χ3v) is 4.89. The van der Waals surface area contributed by atoms with Crippen molar-refractivity contribution in [3.63, 3.8) is 0 Å². The van der Waals surface area contributed by atoms with Gasteiger partial charge in [-0.25, -0.2) is 0 Å². The van der Waals surface area contributed by atoms with Gasteiger partial charge in [0.2, 0.25) is 5.91 Å². The number of piperidine rings is 1. The van der Waals surface area contributed by atoms with Gasteiger partial charge in [-0.1, -0.05) is 29.8 Å². The monoisotopic (exact) mass is 338 g/mol. The summed E-state index contributed by atoms with van der Waals surface area (Å²) < 4.78 is 5.75. The number of hydrogen-bond donors (Lipinski definition) is 0. The molecule has 0 radical (unpaired) electrons. The molecular formula is C21H26N2O2. The number of ether oxygens (including phenoxy) is 1. The standard InChI is InChI=1S/C21H26N2O2/c1-17-2-4-19(5-3-17)16-21(24)23-13-8-18(9-14-23)10-15-25-20-6-11-22-12-7-20/h2-7,11-12,18H,8-10,13-16H2,1H3. The molecule has 0 atom stereocenters. The molecule has 3 rings (SSSR count). The van der Waals surface area contributed by atoms with E-state index in [0.717, 1.165) is 50.3 Å². The smallest absolute Gasteiger partial charge is 0.226 e. The molecular weight excluding hydrogens is 312 g/mol. The lowest BCUT2D eigenvalue weighted by Gasteiger charge is -2.32. The number of rotatable bonds is 6. The fourth-order valence-electron chi connectivity index (χ4n) is 3.24. The third-order valence-electron chi connectivity index (χ3n) is 4.89. The van der Waals surface area contributed by atoms with Crippen molar-refractivity contribution in [2.45, 2.75) is 32.6 Å². The fourth-order valence-corrected chi connectivity index (χ4v) is 3.24. The molecule has 25 heavy (non-hydrogen) atoms. The Bertz CT molecular complexity index is 662. The molecule has 0 aliphatic carbocycles. The van der Waals surface area contributed by atoms with Crippen molar-refractivity contribution in [1.29, 1.82) is 0 Å². The molecule has 4 nitrogen and oxygen atoms in total. The molecule has 2 aromatic rings. The minimum absolute atomic E-state index is 0.246. The van der Waals surface area contributed by atoms with Gasteiger partial charge in [0.1, 0.15) is 5.75 Å². The topological polar surface area (TPSA) is 42.4 Å². The van der Waals surface area contributed by atoms with Crippen LogP contribution in [-0.2, 0) is 11.2 Å². The maximum absolute atomic E-state index is 12.5. The summed E-state index contributed by atoms with van der Waals surface area (Å²) in [7, 11) is 0. The van der Waals surface area contributed by atoms with Gasteiger partial charge in [0.05, 0.1) is 13.0 Å². The minimum Gasteiger partial charge on any atom is -0.493 e. The van der Waals surface area contributed by atoms with Crippen LogP contribution >= 0.6 is 0 Å². The van der Waals surface area contributed by atoms with E-state index in [1.54, 1.807) is 12.4 Å². The Labute approximate surface area is 149 Å². The zero-order valence-corrected chi connectivity index (χ0v) is 14.9. The number of carbonyl (C=O) groups excluding carboxylic acids is 1. The van der Waals surface area contributed by atoms with Gasteiger partial charge in [-0.15, -0.1) is 0 Å². The van der Waals surface area contributed by atoms with Crippen LogP contribution in [0.3, 0.4) is 0 Å². The number of pyridine rings is 1. The molecule has 0 saturated carbocycles. The van der Waals surface area contributed by atoms with Crippen LogP contribution in [0.4, 0.5) is 0 Å². The number of aromatic nitrogens is 1. The lowest BCUT2D eigenvalue weighted by molar-refractivity contribution is -0.131. The molecule has 0 bridgehead atoms. The van der Waals surface area contributed by atoms with Gasteiger partial charge in [-0.3, -0.25) is 9.78 Å². The van der Waals surface area contributed by atoms with Gasteiger partial charge in [-0.05, 0) is 49.8 Å². The van der Waals surface area contributed by atoms with E-state index in [-0.39, 0.29) is 5.91 Å². The number of amides is 1. The molecule has 0 unspecified atom stereocenters. The molecule has 1 saturated heterocycles. The van der Waals surface area contributed by atoms with Gasteiger partial charge < -0.3 is 9.64 Å². The average molecular weight is 338 g/mol. The summed E-state index contributed by atoms with van der Waals surface area (Å²) in [5.74, 6) is 1.77. The minimum atomic E-state index is 0.246. The quantitative estimate of drug-likeness (QED) is 0.807. The van der Waals surface area contributed by atoms with Crippen LogP contribution in [0.5, 0.6) is 5.75 Å². The Balaban J connectivity index is 1.37. The lowest BCUT2D eigenvalue weighted by atomic mass is 9.93. The second-order valence-corrected chi connectivity index (χ2v) is 6.81. The van der Waals surface area contributed by atoms with Crippen molar-refractivity contribution in [3.05, 3.63) is 59.9 Å². The highest BCUT2D eigenvalue weighted by atomic mass is 16.5. The van der Waals surface area contributed by atoms with E-state index in [0.29, 0.717) is 12.3 Å². The molecule has 1 amide bonds. The van der Waals surface area contributed by atoms with Gasteiger partial charge in [0.25, 0.3) is 0 Å². The summed E-state index contributed by atoms with van der Waals surface area (Å²) in [5, 5.41) is 0. The summed E-state index contributed by atoms with van der Waals surface area (Å²) >= 11 is 0. The largest absolute Gasteiger partial charge is 0.493 e. The van der Waals surface area contributed by atoms with Crippen LogP contribution in [0.15, 0.2) is 48.8 Å². The zero-order valence-electron chi connectivity index (χ0n) is 14.9.